The number of amides is 1. The third-order valence-electron chi connectivity index (χ3n) is 3.23. The Morgan fingerprint density at radius 3 is 2.56 bits per heavy atom. The number of carbonyl (C=O) groups is 2. The van der Waals surface area contributed by atoms with Crippen LogP contribution in [-0.2, 0) is 14.3 Å². The van der Waals surface area contributed by atoms with Gasteiger partial charge in [0.15, 0.2) is 0 Å². The molecular formula is C13H21NO4. The molecule has 18 heavy (non-hydrogen) atoms. The maximum atomic E-state index is 12.0. The molecule has 0 bridgehead atoms. The molecule has 2 N–H and O–H groups in total. The number of allylic oxidation sites excluding steroid dienone is 2. The van der Waals surface area contributed by atoms with Crippen molar-refractivity contribution < 1.29 is 19.4 Å². The van der Waals surface area contributed by atoms with Gasteiger partial charge in [-0.1, -0.05) is 12.2 Å². The standard InChI is InChI=1S/C13H21NO4/c1-9(7-8-18-2)14-12(15)10-5-3-4-6-11(10)13(16)17/h3-4,9-11H,5-8H2,1-2H3,(H,14,15)(H,16,17)/t9?,10-,11+/m1/s1. The van der Waals surface area contributed by atoms with Crippen LogP contribution in [0.3, 0.4) is 0 Å². The highest BCUT2D eigenvalue weighted by atomic mass is 16.5. The van der Waals surface area contributed by atoms with Crippen LogP contribution in [0.25, 0.3) is 0 Å². The second kappa shape index (κ2) is 7.16. The minimum atomic E-state index is -0.899. The Morgan fingerprint density at radius 1 is 1.39 bits per heavy atom. The summed E-state index contributed by atoms with van der Waals surface area (Å²) >= 11 is 0. The summed E-state index contributed by atoms with van der Waals surface area (Å²) in [6, 6.07) is -0.00204. The molecule has 0 aromatic carbocycles. The Balaban J connectivity index is 2.53. The van der Waals surface area contributed by atoms with E-state index >= 15 is 0 Å². The normalized spacial score (nSPS) is 24.6. The molecule has 1 amide bonds. The van der Waals surface area contributed by atoms with Gasteiger partial charge in [0.1, 0.15) is 0 Å². The molecular weight excluding hydrogens is 234 g/mol. The number of methoxy groups -OCH3 is 1. The van der Waals surface area contributed by atoms with Crippen molar-refractivity contribution >= 4 is 11.9 Å². The third kappa shape index (κ3) is 4.14. The molecule has 0 aromatic rings. The van der Waals surface area contributed by atoms with Gasteiger partial charge >= 0.3 is 5.97 Å². The van der Waals surface area contributed by atoms with E-state index in [0.29, 0.717) is 19.4 Å². The highest BCUT2D eigenvalue weighted by Crippen LogP contribution is 2.26. The third-order valence-corrected chi connectivity index (χ3v) is 3.23. The summed E-state index contributed by atoms with van der Waals surface area (Å²) in [7, 11) is 1.61. The van der Waals surface area contributed by atoms with E-state index in [4.69, 9.17) is 9.84 Å². The predicted octanol–water partition coefficient (Wildman–Crippen LogP) is 1.19. The van der Waals surface area contributed by atoms with Crippen molar-refractivity contribution in [3.63, 3.8) is 0 Å². The summed E-state index contributed by atoms with van der Waals surface area (Å²) in [6.07, 6.45) is 5.36. The maximum Gasteiger partial charge on any atom is 0.307 e. The van der Waals surface area contributed by atoms with E-state index in [1.807, 2.05) is 19.1 Å². The van der Waals surface area contributed by atoms with Gasteiger partial charge in [-0.2, -0.15) is 0 Å². The van der Waals surface area contributed by atoms with Gasteiger partial charge in [0.25, 0.3) is 0 Å². The van der Waals surface area contributed by atoms with Gasteiger partial charge < -0.3 is 15.2 Å². The maximum absolute atomic E-state index is 12.0. The van der Waals surface area contributed by atoms with Crippen molar-refractivity contribution in [3.8, 4) is 0 Å². The summed E-state index contributed by atoms with van der Waals surface area (Å²) in [5.74, 6) is -2.14. The molecule has 102 valence electrons. The number of rotatable bonds is 6. The van der Waals surface area contributed by atoms with Crippen LogP contribution in [0.2, 0.25) is 0 Å². The van der Waals surface area contributed by atoms with Crippen molar-refractivity contribution in [1.82, 2.24) is 5.32 Å². The van der Waals surface area contributed by atoms with E-state index in [0.717, 1.165) is 6.42 Å². The number of nitrogens with one attached hydrogen (secondary N) is 1. The van der Waals surface area contributed by atoms with E-state index in [1.54, 1.807) is 7.11 Å². The number of aliphatic carboxylic acids is 1. The van der Waals surface area contributed by atoms with Crippen LogP contribution in [-0.4, -0.2) is 36.7 Å². The molecule has 1 unspecified atom stereocenters. The van der Waals surface area contributed by atoms with Crippen molar-refractivity contribution in [2.24, 2.45) is 11.8 Å². The molecule has 5 nitrogen and oxygen atoms in total. The number of carboxylic acids is 1. The Labute approximate surface area is 107 Å². The highest BCUT2D eigenvalue weighted by molar-refractivity contribution is 5.85. The first-order valence-corrected chi connectivity index (χ1v) is 6.23. The summed E-state index contributed by atoms with van der Waals surface area (Å²) in [6.45, 7) is 2.47. The second-order valence-corrected chi connectivity index (χ2v) is 4.69. The molecule has 0 heterocycles. The lowest BCUT2D eigenvalue weighted by Crippen LogP contribution is -2.42. The minimum Gasteiger partial charge on any atom is -0.481 e. The molecule has 5 heteroatoms. The van der Waals surface area contributed by atoms with Gasteiger partial charge in [0.2, 0.25) is 5.91 Å². The van der Waals surface area contributed by atoms with E-state index in [2.05, 4.69) is 5.32 Å². The molecule has 1 rings (SSSR count). The number of ether oxygens (including phenoxy) is 1. The average molecular weight is 255 g/mol. The van der Waals surface area contributed by atoms with Gasteiger partial charge in [0.05, 0.1) is 11.8 Å². The van der Waals surface area contributed by atoms with E-state index in [1.165, 1.54) is 0 Å². The number of carbonyl (C=O) groups excluding carboxylic acids is 1. The first-order valence-electron chi connectivity index (χ1n) is 6.23. The fourth-order valence-corrected chi connectivity index (χ4v) is 2.09. The topological polar surface area (TPSA) is 75.6 Å². The largest absolute Gasteiger partial charge is 0.481 e. The fourth-order valence-electron chi connectivity index (χ4n) is 2.09. The van der Waals surface area contributed by atoms with Crippen LogP contribution in [0, 0.1) is 11.8 Å². The first kappa shape index (κ1) is 14.7. The lowest BCUT2D eigenvalue weighted by Gasteiger charge is -2.25. The summed E-state index contributed by atoms with van der Waals surface area (Å²) < 4.78 is 4.94. The second-order valence-electron chi connectivity index (χ2n) is 4.69. The van der Waals surface area contributed by atoms with Gasteiger partial charge in [0, 0.05) is 19.8 Å². The smallest absolute Gasteiger partial charge is 0.307 e. The zero-order chi connectivity index (χ0) is 13.5. The summed E-state index contributed by atoms with van der Waals surface area (Å²) in [4.78, 5) is 23.1. The van der Waals surface area contributed by atoms with Crippen molar-refractivity contribution in [3.05, 3.63) is 12.2 Å². The van der Waals surface area contributed by atoms with E-state index in [-0.39, 0.29) is 11.9 Å². The Kier molecular flexibility index (Phi) is 5.85. The lowest BCUT2D eigenvalue weighted by molar-refractivity contribution is -0.147. The predicted molar refractivity (Wildman–Crippen MR) is 67.1 cm³/mol. The van der Waals surface area contributed by atoms with E-state index < -0.39 is 17.8 Å². The van der Waals surface area contributed by atoms with Crippen molar-refractivity contribution in [1.29, 1.82) is 0 Å². The van der Waals surface area contributed by atoms with Gasteiger partial charge in [-0.15, -0.1) is 0 Å². The molecule has 0 radical (unpaired) electrons. The number of hydrogen-bond donors (Lipinski definition) is 2. The van der Waals surface area contributed by atoms with Crippen molar-refractivity contribution in [2.75, 3.05) is 13.7 Å². The summed E-state index contributed by atoms with van der Waals surface area (Å²) in [5, 5.41) is 12.0. The zero-order valence-electron chi connectivity index (χ0n) is 10.9. The Bertz CT molecular complexity index is 327. The molecule has 0 spiro atoms. The molecule has 1 aliphatic rings. The van der Waals surface area contributed by atoms with Crippen LogP contribution in [0.5, 0.6) is 0 Å². The molecule has 0 aliphatic heterocycles. The van der Waals surface area contributed by atoms with Gasteiger partial charge in [-0.3, -0.25) is 9.59 Å². The lowest BCUT2D eigenvalue weighted by atomic mass is 9.82. The highest BCUT2D eigenvalue weighted by Gasteiger charge is 2.34. The monoisotopic (exact) mass is 255 g/mol. The molecule has 3 atom stereocenters. The van der Waals surface area contributed by atoms with Crippen LogP contribution < -0.4 is 5.32 Å². The Morgan fingerprint density at radius 2 is 2.00 bits per heavy atom. The quantitative estimate of drug-likeness (QED) is 0.699. The summed E-state index contributed by atoms with van der Waals surface area (Å²) in [5.41, 5.74) is 0. The number of hydrogen-bond acceptors (Lipinski definition) is 3. The molecule has 0 aromatic heterocycles. The molecule has 0 fully saturated rings. The van der Waals surface area contributed by atoms with Crippen LogP contribution in [0.1, 0.15) is 26.2 Å². The van der Waals surface area contributed by atoms with Gasteiger partial charge in [-0.25, -0.2) is 0 Å². The number of carboxylic acid groups (broad SMARTS) is 1. The van der Waals surface area contributed by atoms with Crippen LogP contribution in [0.4, 0.5) is 0 Å². The Hall–Kier alpha value is -1.36. The SMILES string of the molecule is COCCC(C)NC(=O)[C@@H]1CC=CC[C@@H]1C(=O)O. The van der Waals surface area contributed by atoms with E-state index in [9.17, 15) is 9.59 Å². The van der Waals surface area contributed by atoms with Crippen LogP contribution >= 0.6 is 0 Å². The zero-order valence-corrected chi connectivity index (χ0v) is 10.9. The molecule has 0 saturated carbocycles. The molecule has 0 saturated heterocycles. The van der Waals surface area contributed by atoms with Crippen molar-refractivity contribution in [2.45, 2.75) is 32.2 Å². The fraction of sp³-hybridized carbons (Fsp3) is 0.692. The van der Waals surface area contributed by atoms with Gasteiger partial charge in [-0.05, 0) is 26.2 Å². The first-order chi connectivity index (χ1) is 8.56. The van der Waals surface area contributed by atoms with Crippen LogP contribution in [0.15, 0.2) is 12.2 Å². The average Bonchev–Trinajstić information content (AvgIpc) is 2.36. The minimum absolute atomic E-state index is 0.00204. The molecule has 1 aliphatic carbocycles.